The molecular weight excluding hydrogens is 200 g/mol. The molecule has 1 fully saturated rings. The molecule has 1 heterocycles. The number of ketones is 1. The van der Waals surface area contributed by atoms with Gasteiger partial charge in [-0.05, 0) is 30.7 Å². The summed E-state index contributed by atoms with van der Waals surface area (Å²) in [6.45, 7) is 1.72. The maximum Gasteiger partial charge on any atom is 0.134 e. The van der Waals surface area contributed by atoms with Crippen LogP contribution in [0.3, 0.4) is 0 Å². The zero-order valence-corrected chi connectivity index (χ0v) is 9.15. The second-order valence-electron chi connectivity index (χ2n) is 4.04. The molecule has 2 rings (SSSR count). The van der Waals surface area contributed by atoms with Gasteiger partial charge >= 0.3 is 0 Å². The number of carbonyl (C=O) groups is 1. The van der Waals surface area contributed by atoms with E-state index < -0.39 is 0 Å². The van der Waals surface area contributed by atoms with Crippen molar-refractivity contribution in [1.29, 1.82) is 5.26 Å². The third-order valence-corrected chi connectivity index (χ3v) is 2.91. The van der Waals surface area contributed by atoms with E-state index in [1.807, 2.05) is 24.3 Å². The zero-order chi connectivity index (χ0) is 11.4. The number of Topliss-reactive ketones (excluding diaryl/α,β-unsaturated/α-hetero) is 1. The lowest BCUT2D eigenvalue weighted by Gasteiger charge is -2.22. The van der Waals surface area contributed by atoms with Gasteiger partial charge in [-0.15, -0.1) is 0 Å². The second-order valence-corrected chi connectivity index (χ2v) is 4.04. The minimum atomic E-state index is 0.358. The van der Waals surface area contributed by atoms with Crippen LogP contribution in [-0.4, -0.2) is 18.9 Å². The van der Waals surface area contributed by atoms with Gasteiger partial charge in [0.1, 0.15) is 5.78 Å². The third-order valence-electron chi connectivity index (χ3n) is 2.91. The summed E-state index contributed by atoms with van der Waals surface area (Å²) in [6, 6.07) is 9.65. The highest BCUT2D eigenvalue weighted by Gasteiger charge is 2.14. The van der Waals surface area contributed by atoms with Crippen molar-refractivity contribution in [2.75, 3.05) is 18.0 Å². The van der Waals surface area contributed by atoms with E-state index in [2.05, 4.69) is 11.0 Å². The van der Waals surface area contributed by atoms with Crippen LogP contribution in [0.4, 0.5) is 5.69 Å². The van der Waals surface area contributed by atoms with Gasteiger partial charge in [-0.3, -0.25) is 4.79 Å². The predicted octanol–water partition coefficient (Wildman–Crippen LogP) is 2.12. The Kier molecular flexibility index (Phi) is 3.21. The minimum Gasteiger partial charge on any atom is -0.371 e. The van der Waals surface area contributed by atoms with Crippen LogP contribution < -0.4 is 4.90 Å². The van der Waals surface area contributed by atoms with E-state index in [0.29, 0.717) is 24.2 Å². The van der Waals surface area contributed by atoms with Crippen LogP contribution in [0.5, 0.6) is 0 Å². The first-order valence-electron chi connectivity index (χ1n) is 5.56. The van der Waals surface area contributed by atoms with Gasteiger partial charge in [0, 0.05) is 31.6 Å². The summed E-state index contributed by atoms with van der Waals surface area (Å²) in [5.74, 6) is 0.358. The third kappa shape index (κ3) is 2.40. The van der Waals surface area contributed by atoms with E-state index >= 15 is 0 Å². The van der Waals surface area contributed by atoms with Crippen LogP contribution in [0, 0.1) is 11.3 Å². The molecule has 1 aliphatic heterocycles. The fourth-order valence-corrected chi connectivity index (χ4v) is 1.97. The van der Waals surface area contributed by atoms with Gasteiger partial charge in [0.05, 0.1) is 11.6 Å². The van der Waals surface area contributed by atoms with Crippen molar-refractivity contribution in [1.82, 2.24) is 0 Å². The van der Waals surface area contributed by atoms with Crippen molar-refractivity contribution in [2.24, 2.45) is 0 Å². The van der Waals surface area contributed by atoms with Gasteiger partial charge in [-0.2, -0.15) is 5.26 Å². The average Bonchev–Trinajstić information content (AvgIpc) is 2.54. The number of hydrogen-bond acceptors (Lipinski definition) is 3. The smallest absolute Gasteiger partial charge is 0.134 e. The molecule has 3 heteroatoms. The monoisotopic (exact) mass is 214 g/mol. The molecule has 1 aromatic carbocycles. The summed E-state index contributed by atoms with van der Waals surface area (Å²) in [4.78, 5) is 13.5. The maximum absolute atomic E-state index is 11.3. The lowest BCUT2D eigenvalue weighted by atomic mass is 10.2. The Morgan fingerprint density at radius 1 is 1.12 bits per heavy atom. The quantitative estimate of drug-likeness (QED) is 0.719. The van der Waals surface area contributed by atoms with Crippen LogP contribution >= 0.6 is 0 Å². The fraction of sp³-hybridized carbons (Fsp3) is 0.385. The summed E-state index contributed by atoms with van der Waals surface area (Å²) in [6.07, 6.45) is 2.27. The zero-order valence-electron chi connectivity index (χ0n) is 9.15. The lowest BCUT2D eigenvalue weighted by molar-refractivity contribution is -0.118. The minimum absolute atomic E-state index is 0.358. The van der Waals surface area contributed by atoms with E-state index in [4.69, 9.17) is 5.26 Å². The van der Waals surface area contributed by atoms with E-state index in [-0.39, 0.29) is 0 Å². The first kappa shape index (κ1) is 10.7. The molecule has 0 unspecified atom stereocenters. The van der Waals surface area contributed by atoms with Crippen LogP contribution in [-0.2, 0) is 4.79 Å². The van der Waals surface area contributed by atoms with Crippen molar-refractivity contribution in [3.8, 4) is 6.07 Å². The molecule has 1 aromatic rings. The van der Waals surface area contributed by atoms with Gasteiger partial charge in [-0.1, -0.05) is 0 Å². The molecule has 0 saturated carbocycles. The van der Waals surface area contributed by atoms with Crippen LogP contribution in [0.25, 0.3) is 0 Å². The van der Waals surface area contributed by atoms with Gasteiger partial charge < -0.3 is 4.90 Å². The summed E-state index contributed by atoms with van der Waals surface area (Å²) >= 11 is 0. The van der Waals surface area contributed by atoms with Crippen molar-refractivity contribution in [3.05, 3.63) is 29.8 Å². The van der Waals surface area contributed by atoms with Crippen molar-refractivity contribution >= 4 is 11.5 Å². The normalized spacial score (nSPS) is 16.7. The molecule has 0 bridgehead atoms. The first-order valence-corrected chi connectivity index (χ1v) is 5.56. The topological polar surface area (TPSA) is 44.1 Å². The summed E-state index contributed by atoms with van der Waals surface area (Å²) < 4.78 is 0. The number of nitrogens with zero attached hydrogens (tertiary/aromatic N) is 2. The second kappa shape index (κ2) is 4.80. The van der Waals surface area contributed by atoms with E-state index in [9.17, 15) is 4.79 Å². The molecule has 0 atom stereocenters. The number of carbonyl (C=O) groups excluding carboxylic acids is 1. The average molecular weight is 214 g/mol. The number of rotatable bonds is 1. The molecule has 1 saturated heterocycles. The summed E-state index contributed by atoms with van der Waals surface area (Å²) in [5, 5.41) is 8.71. The molecule has 0 radical (unpaired) electrons. The van der Waals surface area contributed by atoms with Crippen molar-refractivity contribution in [2.45, 2.75) is 19.3 Å². The van der Waals surface area contributed by atoms with E-state index in [1.165, 1.54) is 0 Å². The summed E-state index contributed by atoms with van der Waals surface area (Å²) in [5.41, 5.74) is 1.78. The Bertz CT molecular complexity index is 417. The first-order chi connectivity index (χ1) is 7.79. The fourth-order valence-electron chi connectivity index (χ4n) is 1.97. The number of anilines is 1. The molecule has 0 aliphatic carbocycles. The molecule has 0 amide bonds. The maximum atomic E-state index is 11.3. The van der Waals surface area contributed by atoms with Crippen molar-refractivity contribution < 1.29 is 4.79 Å². The molecule has 1 aliphatic rings. The number of benzene rings is 1. The predicted molar refractivity (Wildman–Crippen MR) is 62.2 cm³/mol. The van der Waals surface area contributed by atoms with Gasteiger partial charge in [0.15, 0.2) is 0 Å². The van der Waals surface area contributed by atoms with Crippen LogP contribution in [0.2, 0.25) is 0 Å². The highest BCUT2D eigenvalue weighted by atomic mass is 16.1. The highest BCUT2D eigenvalue weighted by molar-refractivity contribution is 5.79. The molecule has 16 heavy (non-hydrogen) atoms. The van der Waals surface area contributed by atoms with Crippen LogP contribution in [0.1, 0.15) is 24.8 Å². The van der Waals surface area contributed by atoms with Crippen LogP contribution in [0.15, 0.2) is 24.3 Å². The van der Waals surface area contributed by atoms with E-state index in [0.717, 1.165) is 25.2 Å². The largest absolute Gasteiger partial charge is 0.371 e. The molecule has 3 nitrogen and oxygen atoms in total. The Labute approximate surface area is 95.3 Å². The summed E-state index contributed by atoms with van der Waals surface area (Å²) in [7, 11) is 0. The van der Waals surface area contributed by atoms with Gasteiger partial charge in [0.25, 0.3) is 0 Å². The number of nitriles is 1. The standard InChI is InChI=1S/C13H14N2O/c14-10-11-3-5-12(6-4-11)15-8-1-2-13(16)7-9-15/h3-6H,1-2,7-9H2. The molecule has 0 N–H and O–H groups in total. The lowest BCUT2D eigenvalue weighted by Crippen LogP contribution is -2.24. The number of hydrogen-bond donors (Lipinski definition) is 0. The molecule has 0 aromatic heterocycles. The molecule has 82 valence electrons. The Morgan fingerprint density at radius 2 is 1.88 bits per heavy atom. The molecular formula is C13H14N2O. The van der Waals surface area contributed by atoms with Gasteiger partial charge in [-0.25, -0.2) is 0 Å². The van der Waals surface area contributed by atoms with E-state index in [1.54, 1.807) is 0 Å². The Balaban J connectivity index is 2.11. The van der Waals surface area contributed by atoms with Crippen molar-refractivity contribution in [3.63, 3.8) is 0 Å². The Morgan fingerprint density at radius 3 is 2.56 bits per heavy atom. The molecule has 0 spiro atoms. The highest BCUT2D eigenvalue weighted by Crippen LogP contribution is 2.18. The SMILES string of the molecule is N#Cc1ccc(N2CCCC(=O)CC2)cc1. The van der Waals surface area contributed by atoms with Gasteiger partial charge in [0.2, 0.25) is 0 Å². The Hall–Kier alpha value is -1.82.